The fraction of sp³-hybridized carbons (Fsp3) is 0.462. The first-order chi connectivity index (χ1) is 9.27. The molecule has 2 unspecified atom stereocenters. The standard InChI is InChI=1S/C13H14F4N2O/c14-10-4-2-8(13(15,16)17)6-11(10)19-12(20)7-1-3-9(18)5-7/h2,4,6-7,9H,1,3,5,18H2,(H,19,20). The number of hydrogen-bond acceptors (Lipinski definition) is 2. The quantitative estimate of drug-likeness (QED) is 0.823. The Balaban J connectivity index is 2.14. The lowest BCUT2D eigenvalue weighted by atomic mass is 10.1. The molecule has 110 valence electrons. The summed E-state index contributed by atoms with van der Waals surface area (Å²) in [7, 11) is 0. The Kier molecular flexibility index (Phi) is 3.99. The van der Waals surface area contributed by atoms with Crippen molar-refractivity contribution < 1.29 is 22.4 Å². The molecule has 0 heterocycles. The van der Waals surface area contributed by atoms with Crippen LogP contribution >= 0.6 is 0 Å². The first-order valence-electron chi connectivity index (χ1n) is 6.20. The van der Waals surface area contributed by atoms with Gasteiger partial charge in [0.25, 0.3) is 0 Å². The second-order valence-corrected chi connectivity index (χ2v) is 4.95. The van der Waals surface area contributed by atoms with Gasteiger partial charge in [-0.25, -0.2) is 4.39 Å². The average Bonchev–Trinajstić information content (AvgIpc) is 2.77. The van der Waals surface area contributed by atoms with Crippen molar-refractivity contribution >= 4 is 11.6 Å². The van der Waals surface area contributed by atoms with Crippen LogP contribution in [0.4, 0.5) is 23.2 Å². The molecule has 1 aromatic carbocycles. The van der Waals surface area contributed by atoms with Crippen molar-refractivity contribution in [3.05, 3.63) is 29.6 Å². The van der Waals surface area contributed by atoms with Gasteiger partial charge >= 0.3 is 6.18 Å². The summed E-state index contributed by atoms with van der Waals surface area (Å²) in [6.45, 7) is 0. The Bertz CT molecular complexity index is 516. The summed E-state index contributed by atoms with van der Waals surface area (Å²) in [5.74, 6) is -1.76. The van der Waals surface area contributed by atoms with Crippen LogP contribution in [-0.2, 0) is 11.0 Å². The maximum Gasteiger partial charge on any atom is 0.416 e. The van der Waals surface area contributed by atoms with E-state index in [0.29, 0.717) is 37.5 Å². The highest BCUT2D eigenvalue weighted by Gasteiger charge is 2.32. The second-order valence-electron chi connectivity index (χ2n) is 4.95. The molecule has 1 amide bonds. The van der Waals surface area contributed by atoms with E-state index in [9.17, 15) is 22.4 Å². The van der Waals surface area contributed by atoms with E-state index in [4.69, 9.17) is 5.73 Å². The monoisotopic (exact) mass is 290 g/mol. The van der Waals surface area contributed by atoms with Crippen LogP contribution in [0.5, 0.6) is 0 Å². The number of carbonyl (C=O) groups is 1. The maximum absolute atomic E-state index is 13.5. The zero-order valence-corrected chi connectivity index (χ0v) is 10.5. The Labute approximate surface area is 113 Å². The minimum absolute atomic E-state index is 0.0860. The Morgan fingerprint density at radius 1 is 1.30 bits per heavy atom. The van der Waals surface area contributed by atoms with Gasteiger partial charge in [-0.05, 0) is 37.5 Å². The highest BCUT2D eigenvalue weighted by molar-refractivity contribution is 5.93. The van der Waals surface area contributed by atoms with E-state index in [1.54, 1.807) is 0 Å². The van der Waals surface area contributed by atoms with Crippen LogP contribution in [-0.4, -0.2) is 11.9 Å². The largest absolute Gasteiger partial charge is 0.416 e. The fourth-order valence-electron chi connectivity index (χ4n) is 2.29. The molecule has 2 rings (SSSR count). The van der Waals surface area contributed by atoms with Gasteiger partial charge in [-0.3, -0.25) is 4.79 Å². The summed E-state index contributed by atoms with van der Waals surface area (Å²) in [4.78, 5) is 11.9. The van der Waals surface area contributed by atoms with Crippen LogP contribution in [0, 0.1) is 11.7 Å². The highest BCUT2D eigenvalue weighted by Crippen LogP contribution is 2.32. The molecule has 3 nitrogen and oxygen atoms in total. The minimum atomic E-state index is -4.58. The van der Waals surface area contributed by atoms with Gasteiger partial charge in [-0.2, -0.15) is 13.2 Å². The molecule has 1 aliphatic carbocycles. The summed E-state index contributed by atoms with van der Waals surface area (Å²) in [5, 5.41) is 2.22. The SMILES string of the molecule is NC1CCC(C(=O)Nc2cc(C(F)(F)F)ccc2F)C1. The van der Waals surface area contributed by atoms with Gasteiger partial charge in [0.05, 0.1) is 11.3 Å². The van der Waals surface area contributed by atoms with Crippen LogP contribution in [0.15, 0.2) is 18.2 Å². The predicted molar refractivity (Wildman–Crippen MR) is 65.3 cm³/mol. The zero-order chi connectivity index (χ0) is 14.9. The number of hydrogen-bond donors (Lipinski definition) is 2. The van der Waals surface area contributed by atoms with Crippen molar-refractivity contribution in [1.82, 2.24) is 0 Å². The molecule has 0 saturated heterocycles. The van der Waals surface area contributed by atoms with Gasteiger partial charge in [0.15, 0.2) is 0 Å². The Morgan fingerprint density at radius 2 is 2.00 bits per heavy atom. The van der Waals surface area contributed by atoms with Crippen LogP contribution < -0.4 is 11.1 Å². The molecule has 2 atom stereocenters. The van der Waals surface area contributed by atoms with Crippen LogP contribution in [0.3, 0.4) is 0 Å². The first-order valence-corrected chi connectivity index (χ1v) is 6.20. The number of rotatable bonds is 2. The lowest BCUT2D eigenvalue weighted by Crippen LogP contribution is -2.23. The zero-order valence-electron chi connectivity index (χ0n) is 10.5. The molecule has 0 aromatic heterocycles. The van der Waals surface area contributed by atoms with E-state index in [1.165, 1.54) is 0 Å². The number of nitrogens with one attached hydrogen (secondary N) is 1. The van der Waals surface area contributed by atoms with Crippen LogP contribution in [0.2, 0.25) is 0 Å². The van der Waals surface area contributed by atoms with Crippen LogP contribution in [0.25, 0.3) is 0 Å². The van der Waals surface area contributed by atoms with Crippen molar-refractivity contribution in [3.8, 4) is 0 Å². The van der Waals surface area contributed by atoms with Gasteiger partial charge in [0.1, 0.15) is 5.82 Å². The third-order valence-corrected chi connectivity index (χ3v) is 3.40. The van der Waals surface area contributed by atoms with Gasteiger partial charge in [-0.15, -0.1) is 0 Å². The third kappa shape index (κ3) is 3.27. The van der Waals surface area contributed by atoms with Crippen molar-refractivity contribution in [2.24, 2.45) is 11.7 Å². The number of nitrogens with two attached hydrogens (primary N) is 1. The number of amides is 1. The smallest absolute Gasteiger partial charge is 0.328 e. The molecule has 1 aromatic rings. The van der Waals surface area contributed by atoms with Gasteiger partial charge in [0, 0.05) is 12.0 Å². The topological polar surface area (TPSA) is 55.1 Å². The molecule has 20 heavy (non-hydrogen) atoms. The number of halogens is 4. The number of alkyl halides is 3. The molecule has 3 N–H and O–H groups in total. The van der Waals surface area contributed by atoms with Gasteiger partial charge in [-0.1, -0.05) is 0 Å². The van der Waals surface area contributed by atoms with Crippen molar-refractivity contribution in [2.75, 3.05) is 5.32 Å². The molecule has 0 bridgehead atoms. The number of anilines is 1. The molecule has 1 fully saturated rings. The third-order valence-electron chi connectivity index (χ3n) is 3.40. The van der Waals surface area contributed by atoms with Gasteiger partial charge in [0.2, 0.25) is 5.91 Å². The Hall–Kier alpha value is -1.63. The lowest BCUT2D eigenvalue weighted by Gasteiger charge is -2.13. The van der Waals surface area contributed by atoms with Crippen molar-refractivity contribution in [1.29, 1.82) is 0 Å². The summed E-state index contributed by atoms with van der Waals surface area (Å²) in [5.41, 5.74) is 4.21. The van der Waals surface area contributed by atoms with Crippen LogP contribution in [0.1, 0.15) is 24.8 Å². The summed E-state index contributed by atoms with van der Waals surface area (Å²) in [6.07, 6.45) is -2.87. The molecule has 0 spiro atoms. The maximum atomic E-state index is 13.5. The molecular weight excluding hydrogens is 276 g/mol. The summed E-state index contributed by atoms with van der Waals surface area (Å²) < 4.78 is 51.1. The number of carbonyl (C=O) groups excluding carboxylic acids is 1. The molecule has 1 aliphatic rings. The van der Waals surface area contributed by atoms with Gasteiger partial charge < -0.3 is 11.1 Å². The van der Waals surface area contributed by atoms with E-state index < -0.39 is 29.2 Å². The normalized spacial score (nSPS) is 22.9. The van der Waals surface area contributed by atoms with E-state index in [1.807, 2.05) is 0 Å². The molecule has 0 radical (unpaired) electrons. The first kappa shape index (κ1) is 14.8. The molecule has 1 saturated carbocycles. The predicted octanol–water partition coefficient (Wildman–Crippen LogP) is 2.91. The summed E-state index contributed by atoms with van der Waals surface area (Å²) in [6, 6.07) is 1.84. The second kappa shape index (κ2) is 5.40. The lowest BCUT2D eigenvalue weighted by molar-refractivity contribution is -0.137. The van der Waals surface area contributed by atoms with E-state index in [2.05, 4.69) is 5.32 Å². The fourth-order valence-corrected chi connectivity index (χ4v) is 2.29. The number of benzene rings is 1. The van der Waals surface area contributed by atoms with E-state index in [0.717, 1.165) is 0 Å². The van der Waals surface area contributed by atoms with E-state index in [-0.39, 0.29) is 12.0 Å². The molecular formula is C13H14F4N2O. The molecule has 7 heteroatoms. The highest BCUT2D eigenvalue weighted by atomic mass is 19.4. The minimum Gasteiger partial charge on any atom is -0.328 e. The van der Waals surface area contributed by atoms with E-state index >= 15 is 0 Å². The Morgan fingerprint density at radius 3 is 2.55 bits per heavy atom. The summed E-state index contributed by atoms with van der Waals surface area (Å²) >= 11 is 0. The van der Waals surface area contributed by atoms with Crippen molar-refractivity contribution in [3.63, 3.8) is 0 Å². The van der Waals surface area contributed by atoms with Crippen molar-refractivity contribution in [2.45, 2.75) is 31.5 Å². The molecule has 0 aliphatic heterocycles. The average molecular weight is 290 g/mol.